The summed E-state index contributed by atoms with van der Waals surface area (Å²) in [6.45, 7) is 3.51. The predicted molar refractivity (Wildman–Crippen MR) is 108 cm³/mol. The maximum atomic E-state index is 13.2. The van der Waals surface area contributed by atoms with Crippen molar-refractivity contribution < 1.29 is 18.7 Å². The number of fused-ring (bicyclic) bond motifs is 1. The maximum absolute atomic E-state index is 13.2. The quantitative estimate of drug-likeness (QED) is 0.597. The molecule has 1 atom stereocenters. The molecule has 1 aromatic carbocycles. The summed E-state index contributed by atoms with van der Waals surface area (Å²) in [6, 6.07) is 5.79. The number of hydrogen-bond donors (Lipinski definition) is 1. The summed E-state index contributed by atoms with van der Waals surface area (Å²) in [5.41, 5.74) is 0.895. The molecule has 2 heterocycles. The monoisotopic (exact) mass is 417 g/mol. The van der Waals surface area contributed by atoms with Gasteiger partial charge in [-0.3, -0.25) is 19.0 Å². The number of ether oxygens (including phenoxy) is 1. The van der Waals surface area contributed by atoms with Crippen LogP contribution in [0, 0.1) is 5.82 Å². The Morgan fingerprint density at radius 1 is 1.31 bits per heavy atom. The van der Waals surface area contributed by atoms with E-state index in [9.17, 15) is 18.8 Å². The average Bonchev–Trinajstić information content (AvgIpc) is 3.13. The van der Waals surface area contributed by atoms with Crippen molar-refractivity contribution in [2.75, 3.05) is 6.54 Å². The Bertz CT molecular complexity index is 1090. The van der Waals surface area contributed by atoms with Gasteiger partial charge in [0.15, 0.2) is 6.10 Å². The molecule has 0 unspecified atom stereocenters. The smallest absolute Gasteiger partial charge is 0.326 e. The van der Waals surface area contributed by atoms with Crippen LogP contribution in [0.3, 0.4) is 0 Å². The van der Waals surface area contributed by atoms with E-state index >= 15 is 0 Å². The molecule has 0 aliphatic rings. The lowest BCUT2D eigenvalue weighted by atomic mass is 10.1. The molecular formula is C20H20FN3O4S. The molecule has 2 aromatic heterocycles. The lowest BCUT2D eigenvalue weighted by Gasteiger charge is -2.13. The number of nitrogens with one attached hydrogen (secondary N) is 1. The number of esters is 1. The molecule has 0 aliphatic carbocycles. The van der Waals surface area contributed by atoms with Crippen LogP contribution in [0.5, 0.6) is 0 Å². The Morgan fingerprint density at radius 2 is 2.03 bits per heavy atom. The number of hydrogen-bond acceptors (Lipinski definition) is 6. The highest BCUT2D eigenvalue weighted by Crippen LogP contribution is 2.30. The first kappa shape index (κ1) is 20.7. The zero-order valence-corrected chi connectivity index (χ0v) is 16.8. The van der Waals surface area contributed by atoms with Gasteiger partial charge in [-0.2, -0.15) is 0 Å². The molecule has 0 spiro atoms. The lowest BCUT2D eigenvalue weighted by molar-refractivity contribution is -0.155. The highest BCUT2D eigenvalue weighted by Gasteiger charge is 2.19. The first-order valence-corrected chi connectivity index (χ1v) is 9.98. The SMILES string of the molecule is CCCNC(=O)[C@H](C)OC(=O)Cn1cnc2scc(-c3ccc(F)cc3)c2c1=O. The van der Waals surface area contributed by atoms with Gasteiger partial charge >= 0.3 is 5.97 Å². The van der Waals surface area contributed by atoms with Crippen LogP contribution in [0.1, 0.15) is 20.3 Å². The minimum Gasteiger partial charge on any atom is -0.451 e. The van der Waals surface area contributed by atoms with E-state index in [4.69, 9.17) is 4.74 Å². The number of carbonyl (C=O) groups is 2. The van der Waals surface area contributed by atoms with Crippen LogP contribution in [0.4, 0.5) is 4.39 Å². The van der Waals surface area contributed by atoms with Gasteiger partial charge in [0.25, 0.3) is 11.5 Å². The molecule has 3 rings (SSSR count). The Morgan fingerprint density at radius 3 is 2.72 bits per heavy atom. The summed E-state index contributed by atoms with van der Waals surface area (Å²) >= 11 is 1.29. The Balaban J connectivity index is 1.82. The van der Waals surface area contributed by atoms with Crippen LogP contribution in [0.25, 0.3) is 21.3 Å². The molecular weight excluding hydrogens is 397 g/mol. The van der Waals surface area contributed by atoms with Crippen molar-refractivity contribution in [3.05, 3.63) is 52.1 Å². The van der Waals surface area contributed by atoms with Crippen LogP contribution >= 0.6 is 11.3 Å². The van der Waals surface area contributed by atoms with Crippen molar-refractivity contribution >= 4 is 33.4 Å². The highest BCUT2D eigenvalue weighted by molar-refractivity contribution is 7.17. The van der Waals surface area contributed by atoms with Gasteiger partial charge in [0.2, 0.25) is 0 Å². The first-order valence-electron chi connectivity index (χ1n) is 9.10. The van der Waals surface area contributed by atoms with Gasteiger partial charge in [0, 0.05) is 17.5 Å². The van der Waals surface area contributed by atoms with E-state index < -0.39 is 23.5 Å². The fourth-order valence-electron chi connectivity index (χ4n) is 2.74. The molecule has 0 radical (unpaired) electrons. The first-order chi connectivity index (χ1) is 13.9. The van der Waals surface area contributed by atoms with E-state index in [2.05, 4.69) is 10.3 Å². The van der Waals surface area contributed by atoms with Gasteiger partial charge in [-0.1, -0.05) is 19.1 Å². The molecule has 0 aliphatic heterocycles. The topological polar surface area (TPSA) is 90.3 Å². The number of halogens is 1. The summed E-state index contributed by atoms with van der Waals surface area (Å²) in [5.74, 6) is -1.48. The number of benzene rings is 1. The molecule has 29 heavy (non-hydrogen) atoms. The van der Waals surface area contributed by atoms with Crippen LogP contribution in [-0.4, -0.2) is 34.1 Å². The third kappa shape index (κ3) is 4.68. The van der Waals surface area contributed by atoms with E-state index in [0.717, 1.165) is 11.0 Å². The molecule has 0 saturated heterocycles. The molecule has 0 fully saturated rings. The van der Waals surface area contributed by atoms with E-state index in [1.165, 1.54) is 36.7 Å². The van der Waals surface area contributed by atoms with Crippen LogP contribution < -0.4 is 10.9 Å². The van der Waals surface area contributed by atoms with E-state index in [1.807, 2.05) is 6.92 Å². The second kappa shape index (κ2) is 8.95. The molecule has 152 valence electrons. The third-order valence-electron chi connectivity index (χ3n) is 4.24. The third-order valence-corrected chi connectivity index (χ3v) is 5.13. The summed E-state index contributed by atoms with van der Waals surface area (Å²) in [5, 5.41) is 4.77. The molecule has 1 N–H and O–H groups in total. The van der Waals surface area contributed by atoms with Crippen LogP contribution in [0.15, 0.2) is 40.8 Å². The Labute approximate surface area is 170 Å². The van der Waals surface area contributed by atoms with Crippen molar-refractivity contribution in [3.8, 4) is 11.1 Å². The zero-order valence-electron chi connectivity index (χ0n) is 16.0. The van der Waals surface area contributed by atoms with Crippen LogP contribution in [0.2, 0.25) is 0 Å². The van der Waals surface area contributed by atoms with Gasteiger partial charge < -0.3 is 10.1 Å². The Kier molecular flexibility index (Phi) is 6.38. The standard InChI is InChI=1S/C20H20FN3O4S/c1-3-8-22-18(26)12(2)28-16(25)9-24-11-23-19-17(20(24)27)15(10-29-19)13-4-6-14(21)7-5-13/h4-7,10-12H,3,8-9H2,1-2H3,(H,22,26)/t12-/m0/s1. The number of nitrogens with zero attached hydrogens (tertiary/aromatic N) is 2. The van der Waals surface area contributed by atoms with Crippen molar-refractivity contribution in [1.82, 2.24) is 14.9 Å². The van der Waals surface area contributed by atoms with Crippen molar-refractivity contribution in [3.63, 3.8) is 0 Å². The fraction of sp³-hybridized carbons (Fsp3) is 0.300. The van der Waals surface area contributed by atoms with Gasteiger partial charge in [0.05, 0.1) is 11.7 Å². The number of amides is 1. The molecule has 0 saturated carbocycles. The van der Waals surface area contributed by atoms with Gasteiger partial charge in [-0.15, -0.1) is 11.3 Å². The molecule has 3 aromatic rings. The summed E-state index contributed by atoms with van der Waals surface area (Å²) in [6.07, 6.45) is 1.08. The van der Waals surface area contributed by atoms with E-state index in [1.54, 1.807) is 17.5 Å². The van der Waals surface area contributed by atoms with Gasteiger partial charge in [-0.05, 0) is 31.0 Å². The van der Waals surface area contributed by atoms with Gasteiger partial charge in [0.1, 0.15) is 17.2 Å². The summed E-state index contributed by atoms with van der Waals surface area (Å²) in [4.78, 5) is 41.7. The Hall–Kier alpha value is -3.07. The highest BCUT2D eigenvalue weighted by atomic mass is 32.1. The maximum Gasteiger partial charge on any atom is 0.326 e. The number of aromatic nitrogens is 2. The summed E-state index contributed by atoms with van der Waals surface area (Å²) in [7, 11) is 0. The molecule has 9 heteroatoms. The van der Waals surface area contributed by atoms with Crippen molar-refractivity contribution in [2.45, 2.75) is 32.9 Å². The van der Waals surface area contributed by atoms with Crippen molar-refractivity contribution in [2.24, 2.45) is 0 Å². The lowest BCUT2D eigenvalue weighted by Crippen LogP contribution is -2.37. The number of rotatable bonds is 7. The van der Waals surface area contributed by atoms with Gasteiger partial charge in [-0.25, -0.2) is 9.37 Å². The molecule has 1 amide bonds. The van der Waals surface area contributed by atoms with E-state index in [-0.39, 0.29) is 12.4 Å². The number of carbonyl (C=O) groups excluding carboxylic acids is 2. The minimum atomic E-state index is -0.961. The second-order valence-electron chi connectivity index (χ2n) is 6.44. The molecule has 7 nitrogen and oxygen atoms in total. The van der Waals surface area contributed by atoms with Crippen molar-refractivity contribution in [1.29, 1.82) is 0 Å². The largest absolute Gasteiger partial charge is 0.451 e. The average molecular weight is 417 g/mol. The fourth-order valence-corrected chi connectivity index (χ4v) is 3.65. The second-order valence-corrected chi connectivity index (χ2v) is 7.30. The molecule has 0 bridgehead atoms. The summed E-state index contributed by atoms with van der Waals surface area (Å²) < 4.78 is 19.5. The predicted octanol–water partition coefficient (Wildman–Crippen LogP) is 2.72. The zero-order chi connectivity index (χ0) is 21.0. The number of thiophene rings is 1. The normalized spacial score (nSPS) is 12.0. The van der Waals surface area contributed by atoms with E-state index in [0.29, 0.717) is 27.9 Å². The van der Waals surface area contributed by atoms with Crippen LogP contribution in [-0.2, 0) is 20.9 Å². The minimum absolute atomic E-state index is 0.352.